The van der Waals surface area contributed by atoms with Gasteiger partial charge in [0.2, 0.25) is 0 Å². The van der Waals surface area contributed by atoms with E-state index in [4.69, 9.17) is 0 Å². The molecule has 0 aliphatic heterocycles. The highest BCUT2D eigenvalue weighted by Crippen LogP contribution is 2.40. The van der Waals surface area contributed by atoms with Crippen LogP contribution in [-0.4, -0.2) is 11.3 Å². The Hall–Kier alpha value is -2.43. The molecule has 1 atom stereocenters. The molecular weight excluding hydrogens is 291 g/mol. The van der Waals surface area contributed by atoms with Crippen LogP contribution in [0.4, 0.5) is 18.9 Å². The normalized spacial score (nSPS) is 12.7. The number of halogens is 3. The van der Waals surface area contributed by atoms with Crippen molar-refractivity contribution in [3.8, 4) is 5.75 Å². The smallest absolute Gasteiger partial charge is 0.412 e. The molecule has 0 fully saturated rings. The number of phenolic OH excluding ortho intramolecular Hbond substituents is 1. The van der Waals surface area contributed by atoms with Crippen molar-refractivity contribution in [3.63, 3.8) is 0 Å². The van der Waals surface area contributed by atoms with Crippen LogP contribution >= 0.6 is 0 Å². The number of para-hydroxylation sites is 2. The van der Waals surface area contributed by atoms with Gasteiger partial charge in [-0.05, 0) is 24.1 Å². The van der Waals surface area contributed by atoms with Gasteiger partial charge in [0.25, 0.3) is 0 Å². The number of nitrogens with one attached hydrogen (secondary N) is 1. The van der Waals surface area contributed by atoms with Gasteiger partial charge in [-0.25, -0.2) is 0 Å². The zero-order valence-electron chi connectivity index (χ0n) is 11.8. The fraction of sp³-hybridized carbons (Fsp3) is 0.176. The molecule has 0 amide bonds. The van der Waals surface area contributed by atoms with Crippen molar-refractivity contribution in [2.45, 2.75) is 18.6 Å². The van der Waals surface area contributed by atoms with Crippen LogP contribution in [-0.2, 0) is 6.42 Å². The van der Waals surface area contributed by atoms with Crippen LogP contribution in [0.5, 0.6) is 5.75 Å². The molecule has 0 saturated heterocycles. The first-order chi connectivity index (χ1) is 10.4. The Morgan fingerprint density at radius 1 is 1.09 bits per heavy atom. The molecule has 2 N–H and O–H groups in total. The third kappa shape index (κ3) is 3.61. The Labute approximate surface area is 126 Å². The number of rotatable bonds is 5. The van der Waals surface area contributed by atoms with Gasteiger partial charge in [-0.2, -0.15) is 13.2 Å². The van der Waals surface area contributed by atoms with Gasteiger partial charge in [0.1, 0.15) is 5.75 Å². The van der Waals surface area contributed by atoms with Gasteiger partial charge in [0.05, 0.1) is 0 Å². The monoisotopic (exact) mass is 307 g/mol. The summed E-state index contributed by atoms with van der Waals surface area (Å²) < 4.78 is 40.2. The molecule has 0 aromatic heterocycles. The molecule has 22 heavy (non-hydrogen) atoms. The fourth-order valence-corrected chi connectivity index (χ4v) is 2.20. The molecule has 2 aromatic rings. The second-order valence-corrected chi connectivity index (χ2v) is 4.83. The molecule has 0 spiro atoms. The quantitative estimate of drug-likeness (QED) is 0.775. The third-order valence-electron chi connectivity index (χ3n) is 3.24. The Kier molecular flexibility index (Phi) is 4.75. The molecule has 0 bridgehead atoms. The lowest BCUT2D eigenvalue weighted by molar-refractivity contribution is -0.144. The summed E-state index contributed by atoms with van der Waals surface area (Å²) in [5.41, 5.74) is 0.547. The largest absolute Gasteiger partial charge is 0.507 e. The lowest BCUT2D eigenvalue weighted by Gasteiger charge is -2.24. The topological polar surface area (TPSA) is 32.3 Å². The van der Waals surface area contributed by atoms with Crippen LogP contribution in [0.1, 0.15) is 17.2 Å². The van der Waals surface area contributed by atoms with Crippen LogP contribution in [0.15, 0.2) is 61.2 Å². The zero-order chi connectivity index (χ0) is 16.2. The summed E-state index contributed by atoms with van der Waals surface area (Å²) in [5, 5.41) is 12.6. The van der Waals surface area contributed by atoms with E-state index in [0.717, 1.165) is 0 Å². The van der Waals surface area contributed by atoms with Gasteiger partial charge in [0.15, 0.2) is 6.04 Å². The minimum absolute atomic E-state index is 0.198. The Bertz CT molecular complexity index is 638. The number of phenols is 1. The van der Waals surface area contributed by atoms with Crippen molar-refractivity contribution in [1.82, 2.24) is 0 Å². The highest BCUT2D eigenvalue weighted by atomic mass is 19.4. The number of alkyl halides is 3. The highest BCUT2D eigenvalue weighted by molar-refractivity contribution is 5.50. The van der Waals surface area contributed by atoms with E-state index < -0.39 is 12.2 Å². The Balaban J connectivity index is 2.42. The number of hydrogen-bond acceptors (Lipinski definition) is 2. The summed E-state index contributed by atoms with van der Waals surface area (Å²) in [6.45, 7) is 3.54. The molecular formula is C17H16F3NO. The third-order valence-corrected chi connectivity index (χ3v) is 3.24. The van der Waals surface area contributed by atoms with Crippen molar-refractivity contribution in [2.75, 3.05) is 5.32 Å². The average molecular weight is 307 g/mol. The Morgan fingerprint density at radius 3 is 2.36 bits per heavy atom. The van der Waals surface area contributed by atoms with E-state index in [9.17, 15) is 18.3 Å². The number of benzene rings is 2. The van der Waals surface area contributed by atoms with Gasteiger partial charge in [0, 0.05) is 11.3 Å². The van der Waals surface area contributed by atoms with Crippen LogP contribution in [0.3, 0.4) is 0 Å². The molecule has 5 heteroatoms. The van der Waals surface area contributed by atoms with Crippen LogP contribution in [0, 0.1) is 0 Å². The van der Waals surface area contributed by atoms with E-state index >= 15 is 0 Å². The first kappa shape index (κ1) is 15.9. The van der Waals surface area contributed by atoms with Crippen molar-refractivity contribution >= 4 is 5.69 Å². The maximum absolute atomic E-state index is 13.4. The van der Waals surface area contributed by atoms with Crippen LogP contribution < -0.4 is 5.32 Å². The summed E-state index contributed by atoms with van der Waals surface area (Å²) in [7, 11) is 0. The number of aromatic hydroxyl groups is 1. The first-order valence-electron chi connectivity index (χ1n) is 6.73. The lowest BCUT2D eigenvalue weighted by Crippen LogP contribution is -2.28. The van der Waals surface area contributed by atoms with Gasteiger partial charge >= 0.3 is 6.18 Å². The van der Waals surface area contributed by atoms with Crippen molar-refractivity contribution in [2.24, 2.45) is 0 Å². The zero-order valence-corrected chi connectivity index (χ0v) is 11.8. The molecule has 0 radical (unpaired) electrons. The second kappa shape index (κ2) is 6.56. The maximum atomic E-state index is 13.4. The molecule has 2 rings (SSSR count). The lowest BCUT2D eigenvalue weighted by atomic mass is 9.99. The van der Waals surface area contributed by atoms with E-state index in [1.807, 2.05) is 0 Å². The minimum atomic E-state index is -4.54. The van der Waals surface area contributed by atoms with E-state index in [1.165, 1.54) is 18.2 Å². The second-order valence-electron chi connectivity index (χ2n) is 4.83. The summed E-state index contributed by atoms with van der Waals surface area (Å²) >= 11 is 0. The summed E-state index contributed by atoms with van der Waals surface area (Å²) in [5.74, 6) is -0.354. The molecule has 0 aliphatic rings. The van der Waals surface area contributed by atoms with Gasteiger partial charge in [-0.1, -0.05) is 42.5 Å². The molecule has 1 unspecified atom stereocenters. The van der Waals surface area contributed by atoms with Gasteiger partial charge < -0.3 is 10.4 Å². The summed E-state index contributed by atoms with van der Waals surface area (Å²) in [6, 6.07) is 10.5. The average Bonchev–Trinajstić information content (AvgIpc) is 2.48. The first-order valence-corrected chi connectivity index (χ1v) is 6.73. The van der Waals surface area contributed by atoms with Crippen LogP contribution in [0.25, 0.3) is 0 Å². The van der Waals surface area contributed by atoms with E-state index in [0.29, 0.717) is 17.7 Å². The maximum Gasteiger partial charge on any atom is 0.412 e. The van der Waals surface area contributed by atoms with E-state index in [-0.39, 0.29) is 11.3 Å². The molecule has 0 saturated carbocycles. The predicted molar refractivity (Wildman–Crippen MR) is 80.9 cm³/mol. The number of anilines is 1. The Morgan fingerprint density at radius 2 is 1.77 bits per heavy atom. The molecule has 116 valence electrons. The van der Waals surface area contributed by atoms with Crippen molar-refractivity contribution in [3.05, 3.63) is 72.3 Å². The van der Waals surface area contributed by atoms with Gasteiger partial charge in [-0.15, -0.1) is 6.58 Å². The summed E-state index contributed by atoms with van der Waals surface area (Å²) in [6.07, 6.45) is -2.71. The number of hydrogen-bond donors (Lipinski definition) is 2. The standard InChI is InChI=1S/C17H16F3NO/c1-2-7-12-8-6-11-14(15(12)22)16(17(18,19)20)21-13-9-4-3-5-10-13/h2-6,8-11,16,21-22H,1,7H2. The molecule has 2 aromatic carbocycles. The molecule has 2 nitrogen and oxygen atoms in total. The number of allylic oxidation sites excluding steroid dienone is 1. The summed E-state index contributed by atoms with van der Waals surface area (Å²) in [4.78, 5) is 0. The minimum Gasteiger partial charge on any atom is -0.507 e. The van der Waals surface area contributed by atoms with Crippen molar-refractivity contribution < 1.29 is 18.3 Å². The predicted octanol–water partition coefficient (Wildman–Crippen LogP) is 4.84. The SMILES string of the molecule is C=CCc1cccc(C(Nc2ccccc2)C(F)(F)F)c1O. The fourth-order valence-electron chi connectivity index (χ4n) is 2.20. The van der Waals surface area contributed by atoms with Gasteiger partial charge in [-0.3, -0.25) is 0 Å². The highest BCUT2D eigenvalue weighted by Gasteiger charge is 2.42. The van der Waals surface area contributed by atoms with E-state index in [2.05, 4.69) is 11.9 Å². The van der Waals surface area contributed by atoms with Crippen LogP contribution in [0.2, 0.25) is 0 Å². The molecule has 0 aliphatic carbocycles. The molecule has 0 heterocycles. The van der Waals surface area contributed by atoms with Crippen molar-refractivity contribution in [1.29, 1.82) is 0 Å². The van der Waals surface area contributed by atoms with E-state index in [1.54, 1.807) is 36.4 Å².